The van der Waals surface area contributed by atoms with Gasteiger partial charge in [0.2, 0.25) is 0 Å². The second-order valence-corrected chi connectivity index (χ2v) is 8.41. The lowest BCUT2D eigenvalue weighted by molar-refractivity contribution is 0.0999. The molecule has 9 heteroatoms. The summed E-state index contributed by atoms with van der Waals surface area (Å²) in [6.45, 7) is 3.77. The topological polar surface area (TPSA) is 122 Å². The van der Waals surface area contributed by atoms with Crippen molar-refractivity contribution in [2.45, 2.75) is 19.4 Å². The molecule has 1 atom stereocenters. The van der Waals surface area contributed by atoms with Crippen LogP contribution in [0.25, 0.3) is 11.3 Å². The molecule has 36 heavy (non-hydrogen) atoms. The molecule has 3 amide bonds. The molecule has 2 aliphatic rings. The first kappa shape index (κ1) is 23.2. The van der Waals surface area contributed by atoms with Gasteiger partial charge in [-0.05, 0) is 49.7 Å². The van der Waals surface area contributed by atoms with E-state index in [1.165, 1.54) is 0 Å². The Bertz CT molecular complexity index is 1510. The summed E-state index contributed by atoms with van der Waals surface area (Å²) < 4.78 is 5.88. The summed E-state index contributed by atoms with van der Waals surface area (Å²) in [5.41, 5.74) is 6.82. The minimum atomic E-state index is -0.724. The quantitative estimate of drug-likeness (QED) is 0.500. The Hall–Kier alpha value is -4.55. The maximum Gasteiger partial charge on any atom is 0.368 e. The number of carbonyl (C=O) groups is 2. The molecule has 0 aliphatic carbocycles. The van der Waals surface area contributed by atoms with Gasteiger partial charge in [0.25, 0.3) is 5.91 Å². The van der Waals surface area contributed by atoms with Crippen molar-refractivity contribution in [2.75, 3.05) is 24.5 Å². The third kappa shape index (κ3) is 4.67. The van der Waals surface area contributed by atoms with Crippen LogP contribution in [0.5, 0.6) is 11.5 Å². The molecule has 3 heterocycles. The van der Waals surface area contributed by atoms with Gasteiger partial charge in [0.15, 0.2) is 5.82 Å². The van der Waals surface area contributed by atoms with Crippen LogP contribution >= 0.6 is 0 Å². The Labute approximate surface area is 207 Å². The lowest BCUT2D eigenvalue weighted by Gasteiger charge is -2.19. The first-order chi connectivity index (χ1) is 17.5. The fourth-order valence-corrected chi connectivity index (χ4v) is 4.35. The summed E-state index contributed by atoms with van der Waals surface area (Å²) in [6.07, 6.45) is 0.880. The molecule has 0 bridgehead atoms. The van der Waals surface area contributed by atoms with Crippen LogP contribution in [0.15, 0.2) is 64.6 Å². The van der Waals surface area contributed by atoms with E-state index >= 15 is 0 Å². The monoisotopic (exact) mass is 480 g/mol. The van der Waals surface area contributed by atoms with Crippen LogP contribution in [-0.4, -0.2) is 42.6 Å². The SMILES string of the molecule is CC#CCNC1CCN(c2nc(-c3ccc(Oc4ccccc4)cc3)c(C(N)=O)c3c2=NC(=O)N=3)C1. The fourth-order valence-electron chi connectivity index (χ4n) is 4.35. The maximum absolute atomic E-state index is 12.5. The van der Waals surface area contributed by atoms with E-state index in [-0.39, 0.29) is 22.3 Å². The third-order valence-electron chi connectivity index (χ3n) is 6.04. The van der Waals surface area contributed by atoms with Crippen LogP contribution in [-0.2, 0) is 0 Å². The number of nitrogens with one attached hydrogen (secondary N) is 1. The van der Waals surface area contributed by atoms with Gasteiger partial charge >= 0.3 is 6.03 Å². The Morgan fingerprint density at radius 2 is 1.83 bits per heavy atom. The number of aromatic nitrogens is 1. The molecular weight excluding hydrogens is 456 g/mol. The van der Waals surface area contributed by atoms with Gasteiger partial charge in [0.05, 0.1) is 17.8 Å². The van der Waals surface area contributed by atoms with Gasteiger partial charge in [-0.1, -0.05) is 24.1 Å². The number of amides is 3. The highest BCUT2D eigenvalue weighted by Gasteiger charge is 2.29. The number of carbonyl (C=O) groups excluding carboxylic acids is 2. The Morgan fingerprint density at radius 3 is 2.56 bits per heavy atom. The molecule has 0 saturated carbocycles. The summed E-state index contributed by atoms with van der Waals surface area (Å²) >= 11 is 0. The molecule has 1 fully saturated rings. The number of primary amides is 1. The first-order valence-electron chi connectivity index (χ1n) is 11.6. The molecule has 180 valence electrons. The molecule has 2 aliphatic heterocycles. The van der Waals surface area contributed by atoms with Gasteiger partial charge in [-0.3, -0.25) is 4.79 Å². The van der Waals surface area contributed by atoms with Crippen LogP contribution in [0.3, 0.4) is 0 Å². The van der Waals surface area contributed by atoms with E-state index in [0.29, 0.717) is 48.2 Å². The van der Waals surface area contributed by atoms with Crippen LogP contribution in [0, 0.1) is 11.8 Å². The van der Waals surface area contributed by atoms with E-state index in [4.69, 9.17) is 15.5 Å². The van der Waals surface area contributed by atoms with Crippen molar-refractivity contribution in [1.29, 1.82) is 0 Å². The van der Waals surface area contributed by atoms with E-state index in [1.54, 1.807) is 31.2 Å². The predicted octanol–water partition coefficient (Wildman–Crippen LogP) is 2.20. The van der Waals surface area contributed by atoms with Gasteiger partial charge in [-0.15, -0.1) is 5.92 Å². The minimum absolute atomic E-state index is 0.0761. The number of urea groups is 1. The average Bonchev–Trinajstić information content (AvgIpc) is 3.50. The summed E-state index contributed by atoms with van der Waals surface area (Å²) in [5, 5.41) is 3.87. The van der Waals surface area contributed by atoms with Crippen LogP contribution in [0.4, 0.5) is 10.6 Å². The van der Waals surface area contributed by atoms with Gasteiger partial charge < -0.3 is 20.7 Å². The Balaban J connectivity index is 1.53. The van der Waals surface area contributed by atoms with Crippen molar-refractivity contribution in [3.8, 4) is 34.6 Å². The van der Waals surface area contributed by atoms with Gasteiger partial charge in [0, 0.05) is 24.7 Å². The van der Waals surface area contributed by atoms with Crippen molar-refractivity contribution in [3.63, 3.8) is 0 Å². The van der Waals surface area contributed by atoms with Crippen molar-refractivity contribution in [2.24, 2.45) is 15.7 Å². The number of para-hydroxylation sites is 1. The number of anilines is 1. The number of hydrogen-bond donors (Lipinski definition) is 2. The first-order valence-corrected chi connectivity index (χ1v) is 11.6. The number of rotatable bonds is 7. The molecule has 0 spiro atoms. The van der Waals surface area contributed by atoms with E-state index in [2.05, 4.69) is 32.0 Å². The third-order valence-corrected chi connectivity index (χ3v) is 6.04. The predicted molar refractivity (Wildman–Crippen MR) is 134 cm³/mol. The van der Waals surface area contributed by atoms with E-state index in [9.17, 15) is 9.59 Å². The minimum Gasteiger partial charge on any atom is -0.457 e. The highest BCUT2D eigenvalue weighted by Crippen LogP contribution is 2.27. The van der Waals surface area contributed by atoms with Gasteiger partial charge in [-0.25, -0.2) is 9.78 Å². The highest BCUT2D eigenvalue weighted by molar-refractivity contribution is 5.99. The van der Waals surface area contributed by atoms with Crippen LogP contribution in [0.1, 0.15) is 23.7 Å². The second-order valence-electron chi connectivity index (χ2n) is 8.41. The molecular formula is C27H24N6O3. The zero-order chi connectivity index (χ0) is 25.1. The van der Waals surface area contributed by atoms with Crippen molar-refractivity contribution in [1.82, 2.24) is 10.3 Å². The molecule has 2 aromatic carbocycles. The summed E-state index contributed by atoms with van der Waals surface area (Å²) in [5.74, 6) is 7.01. The number of benzene rings is 2. The smallest absolute Gasteiger partial charge is 0.368 e. The van der Waals surface area contributed by atoms with Gasteiger partial charge in [0.1, 0.15) is 22.2 Å². The lowest BCUT2D eigenvalue weighted by Crippen LogP contribution is -2.40. The molecule has 5 rings (SSSR count). The fraction of sp³-hybridized carbons (Fsp3) is 0.222. The van der Waals surface area contributed by atoms with E-state index in [0.717, 1.165) is 6.42 Å². The standard InChI is InChI=1S/C27H24N6O3/c1-2-3-14-29-18-13-15-33(16-18)26-24-23(31-27(35)32-24)21(25(28)34)22(30-26)17-9-11-20(12-10-17)36-19-7-5-4-6-8-19/h4-12,18,29H,13-16H2,1H3,(H2,28,34). The second kappa shape index (κ2) is 9.98. The maximum atomic E-state index is 12.5. The lowest BCUT2D eigenvalue weighted by atomic mass is 10.0. The van der Waals surface area contributed by atoms with Gasteiger partial charge in [-0.2, -0.15) is 9.98 Å². The van der Waals surface area contributed by atoms with Crippen molar-refractivity contribution >= 4 is 17.8 Å². The number of nitrogens with zero attached hydrogens (tertiary/aromatic N) is 4. The van der Waals surface area contributed by atoms with Crippen molar-refractivity contribution in [3.05, 3.63) is 70.9 Å². The zero-order valence-corrected chi connectivity index (χ0v) is 19.7. The van der Waals surface area contributed by atoms with Crippen LogP contribution < -0.4 is 31.4 Å². The molecule has 1 aromatic heterocycles. The van der Waals surface area contributed by atoms with E-state index < -0.39 is 11.9 Å². The molecule has 9 nitrogen and oxygen atoms in total. The molecule has 3 N–H and O–H groups in total. The number of fused-ring (bicyclic) bond motifs is 1. The molecule has 1 saturated heterocycles. The average molecular weight is 481 g/mol. The van der Waals surface area contributed by atoms with E-state index in [1.807, 2.05) is 30.3 Å². The molecule has 3 aromatic rings. The number of nitrogens with two attached hydrogens (primary N) is 1. The molecule has 0 radical (unpaired) electrons. The molecule has 1 unspecified atom stereocenters. The Morgan fingerprint density at radius 1 is 1.11 bits per heavy atom. The normalized spacial score (nSPS) is 16.0. The highest BCUT2D eigenvalue weighted by atomic mass is 16.5. The summed E-state index contributed by atoms with van der Waals surface area (Å²) in [4.78, 5) is 39.6. The summed E-state index contributed by atoms with van der Waals surface area (Å²) in [7, 11) is 0. The number of ether oxygens (including phenoxy) is 1. The largest absolute Gasteiger partial charge is 0.457 e. The Kier molecular flexibility index (Phi) is 6.43. The number of pyridine rings is 1. The van der Waals surface area contributed by atoms with Crippen LogP contribution in [0.2, 0.25) is 0 Å². The zero-order valence-electron chi connectivity index (χ0n) is 19.7. The van der Waals surface area contributed by atoms with Crippen molar-refractivity contribution < 1.29 is 14.3 Å². The summed E-state index contributed by atoms with van der Waals surface area (Å²) in [6, 6.07) is 16.2. The number of hydrogen-bond acceptors (Lipinski definition) is 6.